The van der Waals surface area contributed by atoms with Gasteiger partial charge in [-0.25, -0.2) is 0 Å². The van der Waals surface area contributed by atoms with Crippen molar-refractivity contribution in [3.63, 3.8) is 0 Å². The van der Waals surface area contributed by atoms with Crippen molar-refractivity contribution in [2.45, 2.75) is 19.8 Å². The highest BCUT2D eigenvalue weighted by atomic mass is 16.2. The third-order valence-corrected chi connectivity index (χ3v) is 4.05. The quantitative estimate of drug-likeness (QED) is 0.660. The maximum absolute atomic E-state index is 12.3. The Morgan fingerprint density at radius 1 is 1.20 bits per heavy atom. The molecule has 0 aliphatic carbocycles. The van der Waals surface area contributed by atoms with Crippen LogP contribution in [0.15, 0.2) is 35.4 Å². The minimum Gasteiger partial charge on any atom is -0.313 e. The minimum atomic E-state index is -0.172. The number of hydrogen-bond donors (Lipinski definition) is 1. The zero-order chi connectivity index (χ0) is 14.1. The molecule has 0 atom stereocenters. The summed E-state index contributed by atoms with van der Waals surface area (Å²) in [5, 5.41) is 3.33. The van der Waals surface area contributed by atoms with E-state index >= 15 is 0 Å². The fraction of sp³-hybridized carbons (Fsp3) is 0.375. The normalized spacial score (nSPS) is 21.1. The van der Waals surface area contributed by atoms with Crippen LogP contribution in [0.2, 0.25) is 0 Å². The lowest BCUT2D eigenvalue weighted by atomic mass is 10.0. The lowest BCUT2D eigenvalue weighted by Gasteiger charge is -2.21. The second kappa shape index (κ2) is 5.21. The van der Waals surface area contributed by atoms with E-state index in [-0.39, 0.29) is 11.8 Å². The summed E-state index contributed by atoms with van der Waals surface area (Å²) < 4.78 is 0. The van der Waals surface area contributed by atoms with Crippen molar-refractivity contribution >= 4 is 11.8 Å². The summed E-state index contributed by atoms with van der Waals surface area (Å²) in [6.45, 7) is 4.34. The van der Waals surface area contributed by atoms with Crippen LogP contribution in [-0.4, -0.2) is 36.3 Å². The fourth-order valence-electron chi connectivity index (χ4n) is 2.85. The Hall–Kier alpha value is -1.94. The smallest absolute Gasteiger partial charge is 0.261 e. The molecule has 0 saturated carbocycles. The molecule has 4 heteroatoms. The standard InChI is InChI=1S/C16H18N2O2/c1-11(12-5-4-8-17-9-12)10-18-15(19)13-6-2-3-7-14(13)16(18)20/h2-3,6-7,17H,4-5,8-10H2,1H3/b12-11+. The van der Waals surface area contributed by atoms with Gasteiger partial charge in [-0.3, -0.25) is 14.5 Å². The zero-order valence-corrected chi connectivity index (χ0v) is 11.6. The Bertz CT molecular complexity index is 561. The van der Waals surface area contributed by atoms with E-state index in [1.165, 1.54) is 10.5 Å². The van der Waals surface area contributed by atoms with Crippen LogP contribution >= 0.6 is 0 Å². The SMILES string of the molecule is C/C(CN1C(=O)c2ccccc2C1=O)=C1/CCCNC1. The monoisotopic (exact) mass is 270 g/mol. The molecular formula is C16H18N2O2. The Morgan fingerprint density at radius 2 is 1.85 bits per heavy atom. The summed E-state index contributed by atoms with van der Waals surface area (Å²) >= 11 is 0. The summed E-state index contributed by atoms with van der Waals surface area (Å²) in [6, 6.07) is 7.04. The first-order chi connectivity index (χ1) is 9.68. The number of fused-ring (bicyclic) bond motifs is 1. The van der Waals surface area contributed by atoms with Gasteiger partial charge in [0.15, 0.2) is 0 Å². The second-order valence-electron chi connectivity index (χ2n) is 5.41. The number of rotatable bonds is 2. The van der Waals surface area contributed by atoms with Crippen molar-refractivity contribution in [1.29, 1.82) is 0 Å². The molecule has 1 aromatic carbocycles. The van der Waals surface area contributed by atoms with Crippen molar-refractivity contribution in [2.75, 3.05) is 19.6 Å². The predicted molar refractivity (Wildman–Crippen MR) is 76.6 cm³/mol. The van der Waals surface area contributed by atoms with Gasteiger partial charge in [0, 0.05) is 6.54 Å². The van der Waals surface area contributed by atoms with Crippen molar-refractivity contribution < 1.29 is 9.59 Å². The highest BCUT2D eigenvalue weighted by Crippen LogP contribution is 2.24. The average molecular weight is 270 g/mol. The summed E-state index contributed by atoms with van der Waals surface area (Å²) in [5.41, 5.74) is 3.51. The van der Waals surface area contributed by atoms with Crippen molar-refractivity contribution in [1.82, 2.24) is 10.2 Å². The maximum Gasteiger partial charge on any atom is 0.261 e. The molecule has 20 heavy (non-hydrogen) atoms. The summed E-state index contributed by atoms with van der Waals surface area (Å²) in [6.07, 6.45) is 2.18. The Labute approximate surface area is 118 Å². The van der Waals surface area contributed by atoms with Crippen LogP contribution in [0.3, 0.4) is 0 Å². The fourth-order valence-corrected chi connectivity index (χ4v) is 2.85. The van der Waals surface area contributed by atoms with E-state index in [4.69, 9.17) is 0 Å². The molecule has 1 saturated heterocycles. The number of imide groups is 1. The summed E-state index contributed by atoms with van der Waals surface area (Å²) in [7, 11) is 0. The highest BCUT2D eigenvalue weighted by Gasteiger charge is 2.35. The van der Waals surface area contributed by atoms with Crippen LogP contribution in [-0.2, 0) is 0 Å². The number of nitrogens with one attached hydrogen (secondary N) is 1. The van der Waals surface area contributed by atoms with Crippen LogP contribution in [0.25, 0.3) is 0 Å². The molecule has 1 N–H and O–H groups in total. The third-order valence-electron chi connectivity index (χ3n) is 4.05. The number of carbonyl (C=O) groups is 2. The Morgan fingerprint density at radius 3 is 2.40 bits per heavy atom. The Kier molecular flexibility index (Phi) is 3.40. The predicted octanol–water partition coefficient (Wildman–Crippen LogP) is 1.98. The Balaban J connectivity index is 1.83. The number of carbonyl (C=O) groups excluding carboxylic acids is 2. The van der Waals surface area contributed by atoms with E-state index in [9.17, 15) is 9.59 Å². The van der Waals surface area contributed by atoms with Crippen LogP contribution < -0.4 is 5.32 Å². The van der Waals surface area contributed by atoms with E-state index in [2.05, 4.69) is 5.32 Å². The molecule has 4 nitrogen and oxygen atoms in total. The van der Waals surface area contributed by atoms with Crippen LogP contribution in [0.4, 0.5) is 0 Å². The molecule has 2 amide bonds. The third kappa shape index (κ3) is 2.16. The first-order valence-corrected chi connectivity index (χ1v) is 7.02. The maximum atomic E-state index is 12.3. The molecule has 0 aromatic heterocycles. The molecule has 2 aliphatic rings. The first kappa shape index (κ1) is 13.1. The number of amides is 2. The van der Waals surface area contributed by atoms with Crippen LogP contribution in [0.5, 0.6) is 0 Å². The van der Waals surface area contributed by atoms with Gasteiger partial charge in [0.1, 0.15) is 0 Å². The number of piperidine rings is 1. The van der Waals surface area contributed by atoms with Crippen molar-refractivity contribution in [2.24, 2.45) is 0 Å². The average Bonchev–Trinajstić information content (AvgIpc) is 2.74. The molecule has 104 valence electrons. The highest BCUT2D eigenvalue weighted by molar-refractivity contribution is 6.21. The van der Waals surface area contributed by atoms with E-state index < -0.39 is 0 Å². The van der Waals surface area contributed by atoms with Gasteiger partial charge in [-0.05, 0) is 38.4 Å². The van der Waals surface area contributed by atoms with Gasteiger partial charge in [-0.1, -0.05) is 23.3 Å². The van der Waals surface area contributed by atoms with Gasteiger partial charge in [0.05, 0.1) is 17.7 Å². The zero-order valence-electron chi connectivity index (χ0n) is 11.6. The van der Waals surface area contributed by atoms with Crippen molar-refractivity contribution in [3.8, 4) is 0 Å². The van der Waals surface area contributed by atoms with Gasteiger partial charge in [0.25, 0.3) is 11.8 Å². The molecular weight excluding hydrogens is 252 g/mol. The lowest BCUT2D eigenvalue weighted by molar-refractivity contribution is 0.0667. The number of nitrogens with zero attached hydrogens (tertiary/aromatic N) is 1. The molecule has 2 heterocycles. The first-order valence-electron chi connectivity index (χ1n) is 7.02. The molecule has 1 fully saturated rings. The van der Waals surface area contributed by atoms with Gasteiger partial charge < -0.3 is 5.32 Å². The molecule has 0 radical (unpaired) electrons. The second-order valence-corrected chi connectivity index (χ2v) is 5.41. The molecule has 0 spiro atoms. The van der Waals surface area contributed by atoms with Gasteiger partial charge in [-0.2, -0.15) is 0 Å². The summed E-state index contributed by atoms with van der Waals surface area (Å²) in [4.78, 5) is 25.9. The number of benzene rings is 1. The van der Waals surface area contributed by atoms with Gasteiger partial charge in [-0.15, -0.1) is 0 Å². The van der Waals surface area contributed by atoms with Crippen LogP contribution in [0, 0.1) is 0 Å². The number of hydrogen-bond acceptors (Lipinski definition) is 3. The molecule has 0 unspecified atom stereocenters. The van der Waals surface area contributed by atoms with Gasteiger partial charge in [0.2, 0.25) is 0 Å². The largest absolute Gasteiger partial charge is 0.313 e. The van der Waals surface area contributed by atoms with Crippen molar-refractivity contribution in [3.05, 3.63) is 46.5 Å². The lowest BCUT2D eigenvalue weighted by Crippen LogP contribution is -2.33. The van der Waals surface area contributed by atoms with E-state index in [0.717, 1.165) is 31.5 Å². The van der Waals surface area contributed by atoms with Crippen LogP contribution in [0.1, 0.15) is 40.5 Å². The van der Waals surface area contributed by atoms with E-state index in [0.29, 0.717) is 17.7 Å². The van der Waals surface area contributed by atoms with E-state index in [1.807, 2.05) is 6.92 Å². The molecule has 2 aliphatic heterocycles. The topological polar surface area (TPSA) is 49.4 Å². The molecule has 1 aromatic rings. The molecule has 3 rings (SSSR count). The van der Waals surface area contributed by atoms with E-state index in [1.54, 1.807) is 24.3 Å². The van der Waals surface area contributed by atoms with Gasteiger partial charge >= 0.3 is 0 Å². The summed E-state index contributed by atoms with van der Waals surface area (Å²) in [5.74, 6) is -0.344. The minimum absolute atomic E-state index is 0.172. The molecule has 0 bridgehead atoms.